The molecule has 0 radical (unpaired) electrons. The van der Waals surface area contributed by atoms with E-state index in [-0.39, 0.29) is 10.8 Å². The van der Waals surface area contributed by atoms with Gasteiger partial charge in [0.15, 0.2) is 0 Å². The monoisotopic (exact) mass is 365 g/mol. The van der Waals surface area contributed by atoms with Gasteiger partial charge in [-0.15, -0.1) is 11.8 Å². The van der Waals surface area contributed by atoms with Gasteiger partial charge in [0.2, 0.25) is 10.0 Å². The van der Waals surface area contributed by atoms with Crippen LogP contribution in [0.1, 0.15) is 15.9 Å². The Morgan fingerprint density at radius 1 is 1.25 bits per heavy atom. The van der Waals surface area contributed by atoms with E-state index in [4.69, 9.17) is 0 Å². The molecule has 0 spiro atoms. The van der Waals surface area contributed by atoms with Crippen molar-refractivity contribution < 1.29 is 13.2 Å². The molecule has 0 atom stereocenters. The molecule has 8 heteroatoms. The number of amides is 1. The number of aryl methyl sites for hydroxylation is 1. The first-order chi connectivity index (χ1) is 11.3. The first-order valence-electron chi connectivity index (χ1n) is 7.11. The molecule has 0 saturated heterocycles. The lowest BCUT2D eigenvalue weighted by atomic mass is 10.2. The van der Waals surface area contributed by atoms with E-state index >= 15 is 0 Å². The van der Waals surface area contributed by atoms with E-state index in [1.165, 1.54) is 38.0 Å². The van der Waals surface area contributed by atoms with Crippen LogP contribution in [0.5, 0.6) is 0 Å². The highest BCUT2D eigenvalue weighted by atomic mass is 32.2. The van der Waals surface area contributed by atoms with Gasteiger partial charge < -0.3 is 5.32 Å². The minimum absolute atomic E-state index is 0.129. The van der Waals surface area contributed by atoms with Crippen LogP contribution in [0.4, 0.5) is 5.69 Å². The Morgan fingerprint density at radius 2 is 1.96 bits per heavy atom. The number of nitrogens with zero attached hydrogens (tertiary/aromatic N) is 2. The second-order valence-corrected chi connectivity index (χ2v) is 8.23. The van der Waals surface area contributed by atoms with E-state index in [0.29, 0.717) is 16.3 Å². The third-order valence-electron chi connectivity index (χ3n) is 3.44. The molecule has 1 heterocycles. The quantitative estimate of drug-likeness (QED) is 0.824. The zero-order valence-electron chi connectivity index (χ0n) is 13.9. The molecule has 1 amide bonds. The van der Waals surface area contributed by atoms with Crippen molar-refractivity contribution in [3.63, 3.8) is 0 Å². The maximum absolute atomic E-state index is 12.5. The van der Waals surface area contributed by atoms with E-state index in [2.05, 4.69) is 10.3 Å². The second-order valence-electron chi connectivity index (χ2n) is 5.28. The summed E-state index contributed by atoms with van der Waals surface area (Å²) in [5.41, 5.74) is 1.68. The SMILES string of the molecule is CSc1ncccc1C(=O)Nc1cc(S(=O)(=O)N(C)C)ccc1C. The molecule has 0 aliphatic rings. The Morgan fingerprint density at radius 3 is 2.58 bits per heavy atom. The smallest absolute Gasteiger partial charge is 0.258 e. The van der Waals surface area contributed by atoms with Crippen molar-refractivity contribution in [2.24, 2.45) is 0 Å². The molecule has 0 fully saturated rings. The number of hydrogen-bond donors (Lipinski definition) is 1. The minimum atomic E-state index is -3.56. The van der Waals surface area contributed by atoms with Gasteiger partial charge in [-0.1, -0.05) is 6.07 Å². The number of hydrogen-bond acceptors (Lipinski definition) is 5. The fraction of sp³-hybridized carbons (Fsp3) is 0.250. The summed E-state index contributed by atoms with van der Waals surface area (Å²) in [7, 11) is -0.632. The predicted octanol–water partition coefficient (Wildman–Crippen LogP) is 2.61. The van der Waals surface area contributed by atoms with Crippen LogP contribution in [0.2, 0.25) is 0 Å². The van der Waals surface area contributed by atoms with Crippen molar-refractivity contribution >= 4 is 33.4 Å². The number of aromatic nitrogens is 1. The average Bonchev–Trinajstić information content (AvgIpc) is 2.56. The summed E-state index contributed by atoms with van der Waals surface area (Å²) in [4.78, 5) is 16.8. The molecule has 0 aliphatic carbocycles. The lowest BCUT2D eigenvalue weighted by Crippen LogP contribution is -2.22. The Bertz CT molecular complexity index is 865. The van der Waals surface area contributed by atoms with Crippen molar-refractivity contribution in [1.82, 2.24) is 9.29 Å². The van der Waals surface area contributed by atoms with E-state index in [1.807, 2.05) is 6.26 Å². The Balaban J connectivity index is 2.38. The van der Waals surface area contributed by atoms with Crippen LogP contribution in [-0.4, -0.2) is 44.0 Å². The Kier molecular flexibility index (Phi) is 5.63. The molecule has 0 saturated carbocycles. The van der Waals surface area contributed by atoms with Gasteiger partial charge in [-0.05, 0) is 43.0 Å². The lowest BCUT2D eigenvalue weighted by molar-refractivity contribution is 0.102. The van der Waals surface area contributed by atoms with Gasteiger partial charge in [0, 0.05) is 26.0 Å². The summed E-state index contributed by atoms with van der Waals surface area (Å²) in [5, 5.41) is 3.39. The van der Waals surface area contributed by atoms with Crippen molar-refractivity contribution in [1.29, 1.82) is 0 Å². The lowest BCUT2D eigenvalue weighted by Gasteiger charge is -2.15. The molecule has 1 aromatic carbocycles. The van der Waals surface area contributed by atoms with Crippen molar-refractivity contribution in [3.05, 3.63) is 47.7 Å². The van der Waals surface area contributed by atoms with Gasteiger partial charge >= 0.3 is 0 Å². The average molecular weight is 365 g/mol. The van der Waals surface area contributed by atoms with Gasteiger partial charge in [-0.25, -0.2) is 17.7 Å². The van der Waals surface area contributed by atoms with Crippen LogP contribution in [0, 0.1) is 6.92 Å². The fourth-order valence-electron chi connectivity index (χ4n) is 2.02. The van der Waals surface area contributed by atoms with Crippen LogP contribution >= 0.6 is 11.8 Å². The first-order valence-corrected chi connectivity index (χ1v) is 9.77. The van der Waals surface area contributed by atoms with E-state index in [0.717, 1.165) is 9.87 Å². The number of benzene rings is 1. The highest BCUT2D eigenvalue weighted by Gasteiger charge is 2.19. The summed E-state index contributed by atoms with van der Waals surface area (Å²) in [6, 6.07) is 8.04. The van der Waals surface area contributed by atoms with Gasteiger partial charge in [0.05, 0.1) is 10.5 Å². The highest BCUT2D eigenvalue weighted by Crippen LogP contribution is 2.24. The van der Waals surface area contributed by atoms with Crippen LogP contribution in [0.15, 0.2) is 46.5 Å². The fourth-order valence-corrected chi connectivity index (χ4v) is 3.50. The normalized spacial score (nSPS) is 11.5. The molecular formula is C16H19N3O3S2. The zero-order valence-corrected chi connectivity index (χ0v) is 15.5. The third kappa shape index (κ3) is 3.77. The van der Waals surface area contributed by atoms with Gasteiger partial charge in [-0.2, -0.15) is 0 Å². The number of sulfonamides is 1. The molecule has 0 bridgehead atoms. The van der Waals surface area contributed by atoms with Crippen molar-refractivity contribution in [2.75, 3.05) is 25.7 Å². The summed E-state index contributed by atoms with van der Waals surface area (Å²) in [6.07, 6.45) is 3.47. The molecule has 0 unspecified atom stereocenters. The highest BCUT2D eigenvalue weighted by molar-refractivity contribution is 7.98. The molecule has 128 valence electrons. The Labute approximate surface area is 146 Å². The third-order valence-corrected chi connectivity index (χ3v) is 5.97. The van der Waals surface area contributed by atoms with Crippen LogP contribution in [0.25, 0.3) is 0 Å². The largest absolute Gasteiger partial charge is 0.322 e. The standard InChI is InChI=1S/C16H19N3O3S2/c1-11-7-8-12(24(21,22)19(2)3)10-14(11)18-15(20)13-6-5-9-17-16(13)23-4/h5-10H,1-4H3,(H,18,20). The zero-order chi connectivity index (χ0) is 17.9. The summed E-state index contributed by atoms with van der Waals surface area (Å²) < 4.78 is 25.6. The molecule has 2 rings (SSSR count). The van der Waals surface area contributed by atoms with Gasteiger partial charge in [0.1, 0.15) is 5.03 Å². The van der Waals surface area contributed by atoms with E-state index in [9.17, 15) is 13.2 Å². The molecule has 1 N–H and O–H groups in total. The maximum Gasteiger partial charge on any atom is 0.258 e. The molecule has 0 aliphatic heterocycles. The number of pyridine rings is 1. The van der Waals surface area contributed by atoms with Crippen LogP contribution < -0.4 is 5.32 Å². The van der Waals surface area contributed by atoms with Crippen molar-refractivity contribution in [2.45, 2.75) is 16.8 Å². The van der Waals surface area contributed by atoms with Gasteiger partial charge in [0.25, 0.3) is 5.91 Å². The maximum atomic E-state index is 12.5. The van der Waals surface area contributed by atoms with E-state index < -0.39 is 10.0 Å². The molecule has 2 aromatic rings. The van der Waals surface area contributed by atoms with Gasteiger partial charge in [-0.3, -0.25) is 4.79 Å². The predicted molar refractivity (Wildman–Crippen MR) is 96.0 cm³/mol. The second kappa shape index (κ2) is 7.33. The number of anilines is 1. The number of carbonyl (C=O) groups is 1. The van der Waals surface area contributed by atoms with Crippen molar-refractivity contribution in [3.8, 4) is 0 Å². The summed E-state index contributed by atoms with van der Waals surface area (Å²) in [5.74, 6) is -0.324. The van der Waals surface area contributed by atoms with E-state index in [1.54, 1.807) is 31.3 Å². The first kappa shape index (κ1) is 18.4. The Hall–Kier alpha value is -1.90. The van der Waals surface area contributed by atoms with Crippen LogP contribution in [-0.2, 0) is 10.0 Å². The molecular weight excluding hydrogens is 346 g/mol. The number of thioether (sulfide) groups is 1. The summed E-state index contributed by atoms with van der Waals surface area (Å²) >= 11 is 1.38. The molecule has 1 aromatic heterocycles. The number of carbonyl (C=O) groups excluding carboxylic acids is 1. The molecule has 6 nitrogen and oxygen atoms in total. The van der Waals surface area contributed by atoms with Crippen LogP contribution in [0.3, 0.4) is 0 Å². The topological polar surface area (TPSA) is 79.4 Å². The number of rotatable bonds is 5. The molecule has 24 heavy (non-hydrogen) atoms. The summed E-state index contributed by atoms with van der Waals surface area (Å²) in [6.45, 7) is 1.81. The minimum Gasteiger partial charge on any atom is -0.322 e. The number of nitrogens with one attached hydrogen (secondary N) is 1.